The van der Waals surface area contributed by atoms with Gasteiger partial charge in [-0.15, -0.1) is 0 Å². The molecular formula is C35H61NO3S. The standard InChI is InChI=1S/C35H61NO3S/c1-26(2)40-24-14-12-10-8-6-7-9-11-13-15-33(38)39-25-27-16-18-29-28-17-19-31-35(4,23-21-32(37)36(31)5)30(28)20-22-34(27,29)3/h26-31H,6-25H2,1-5H3/t27?,28-,29-,30-,31+,34+,35+/m0/s1. The van der Waals surface area contributed by atoms with Gasteiger partial charge in [0.25, 0.3) is 0 Å². The molecule has 4 nitrogen and oxygen atoms in total. The molecule has 0 N–H and O–H groups in total. The van der Waals surface area contributed by atoms with Crippen LogP contribution in [0.1, 0.15) is 143 Å². The van der Waals surface area contributed by atoms with Crippen molar-refractivity contribution in [3.8, 4) is 0 Å². The first-order valence-corrected chi connectivity index (χ1v) is 18.2. The van der Waals surface area contributed by atoms with Gasteiger partial charge in [0.15, 0.2) is 0 Å². The summed E-state index contributed by atoms with van der Waals surface area (Å²) in [6.07, 6.45) is 21.5. The van der Waals surface area contributed by atoms with E-state index in [4.69, 9.17) is 4.74 Å². The number of carbonyl (C=O) groups excluding carboxylic acids is 2. The number of hydrogen-bond donors (Lipinski definition) is 0. The summed E-state index contributed by atoms with van der Waals surface area (Å²) in [5.74, 6) is 4.50. The minimum absolute atomic E-state index is 0.0305. The smallest absolute Gasteiger partial charge is 0.305 e. The second kappa shape index (κ2) is 14.6. The van der Waals surface area contributed by atoms with Crippen LogP contribution in [-0.2, 0) is 14.3 Å². The van der Waals surface area contributed by atoms with Crippen LogP contribution in [-0.4, -0.2) is 47.5 Å². The fraction of sp³-hybridized carbons (Fsp3) is 0.943. The summed E-state index contributed by atoms with van der Waals surface area (Å²) in [5.41, 5.74) is 0.595. The fourth-order valence-electron chi connectivity index (χ4n) is 9.73. The molecule has 4 aliphatic rings. The van der Waals surface area contributed by atoms with Crippen LogP contribution >= 0.6 is 11.8 Å². The first-order valence-electron chi connectivity index (χ1n) is 17.2. The summed E-state index contributed by atoms with van der Waals surface area (Å²) in [6.45, 7) is 10.2. The zero-order chi connectivity index (χ0) is 28.8. The number of hydrogen-bond acceptors (Lipinski definition) is 4. The van der Waals surface area contributed by atoms with Gasteiger partial charge in [-0.05, 0) is 103 Å². The summed E-state index contributed by atoms with van der Waals surface area (Å²) in [4.78, 5) is 27.1. The lowest BCUT2D eigenvalue weighted by Gasteiger charge is -2.61. The molecule has 4 fully saturated rings. The summed E-state index contributed by atoms with van der Waals surface area (Å²) < 4.78 is 5.93. The number of fused-ring (bicyclic) bond motifs is 5. The molecule has 0 aromatic heterocycles. The van der Waals surface area contributed by atoms with Crippen molar-refractivity contribution >= 4 is 23.6 Å². The normalized spacial score (nSPS) is 35.4. The van der Waals surface area contributed by atoms with Crippen LogP contribution in [0.3, 0.4) is 0 Å². The number of likely N-dealkylation sites (tertiary alicyclic amines) is 1. The van der Waals surface area contributed by atoms with Gasteiger partial charge in [-0.2, -0.15) is 11.8 Å². The Morgan fingerprint density at radius 1 is 0.875 bits per heavy atom. The Balaban J connectivity index is 1.11. The number of nitrogens with zero attached hydrogens (tertiary/aromatic N) is 1. The van der Waals surface area contributed by atoms with Crippen molar-refractivity contribution in [2.24, 2.45) is 34.5 Å². The maximum Gasteiger partial charge on any atom is 0.305 e. The maximum atomic E-state index is 12.6. The highest BCUT2D eigenvalue weighted by molar-refractivity contribution is 7.99. The molecule has 0 bridgehead atoms. The Kier molecular flexibility index (Phi) is 11.8. The van der Waals surface area contributed by atoms with Gasteiger partial charge >= 0.3 is 5.97 Å². The van der Waals surface area contributed by atoms with Gasteiger partial charge in [-0.3, -0.25) is 9.59 Å². The summed E-state index contributed by atoms with van der Waals surface area (Å²) in [7, 11) is 2.05. The van der Waals surface area contributed by atoms with Gasteiger partial charge in [0.1, 0.15) is 0 Å². The van der Waals surface area contributed by atoms with E-state index in [1.54, 1.807) is 0 Å². The number of esters is 1. The Labute approximate surface area is 250 Å². The first kappa shape index (κ1) is 32.2. The predicted molar refractivity (Wildman–Crippen MR) is 168 cm³/mol. The molecule has 0 radical (unpaired) electrons. The van der Waals surface area contributed by atoms with Crippen LogP contribution < -0.4 is 0 Å². The molecule has 1 heterocycles. The van der Waals surface area contributed by atoms with Gasteiger partial charge < -0.3 is 9.64 Å². The molecule has 4 rings (SSSR count). The van der Waals surface area contributed by atoms with Gasteiger partial charge in [0.05, 0.1) is 6.61 Å². The number of unbranched alkanes of at least 4 members (excludes halogenated alkanes) is 8. The average molecular weight is 576 g/mol. The molecular weight excluding hydrogens is 514 g/mol. The highest BCUT2D eigenvalue weighted by atomic mass is 32.2. The summed E-state index contributed by atoms with van der Waals surface area (Å²) in [6, 6.07) is 0.432. The molecule has 0 aromatic carbocycles. The van der Waals surface area contributed by atoms with E-state index in [-0.39, 0.29) is 11.4 Å². The van der Waals surface area contributed by atoms with Crippen molar-refractivity contribution in [1.82, 2.24) is 4.90 Å². The van der Waals surface area contributed by atoms with Gasteiger partial charge in [-0.25, -0.2) is 0 Å². The Hall–Kier alpha value is -0.710. The van der Waals surface area contributed by atoms with E-state index in [9.17, 15) is 9.59 Å². The lowest BCUT2D eigenvalue weighted by atomic mass is 9.47. The topological polar surface area (TPSA) is 46.6 Å². The molecule has 3 aliphatic carbocycles. The summed E-state index contributed by atoms with van der Waals surface area (Å²) >= 11 is 2.09. The Bertz CT molecular complexity index is 831. The molecule has 0 spiro atoms. The van der Waals surface area contributed by atoms with Crippen LogP contribution in [0.15, 0.2) is 0 Å². The molecule has 5 heteroatoms. The molecule has 7 atom stereocenters. The van der Waals surface area contributed by atoms with Crippen molar-refractivity contribution < 1.29 is 14.3 Å². The van der Waals surface area contributed by atoms with Crippen LogP contribution in [0.5, 0.6) is 0 Å². The highest BCUT2D eigenvalue weighted by Crippen LogP contribution is 2.66. The van der Waals surface area contributed by atoms with E-state index < -0.39 is 0 Å². The Morgan fingerprint density at radius 2 is 1.52 bits per heavy atom. The van der Waals surface area contributed by atoms with Crippen molar-refractivity contribution in [1.29, 1.82) is 0 Å². The number of ether oxygens (including phenoxy) is 1. The van der Waals surface area contributed by atoms with E-state index in [2.05, 4.69) is 51.4 Å². The third-order valence-electron chi connectivity index (χ3n) is 12.2. The first-order chi connectivity index (χ1) is 19.2. The molecule has 3 saturated carbocycles. The maximum absolute atomic E-state index is 12.6. The molecule has 230 valence electrons. The van der Waals surface area contributed by atoms with Crippen LogP contribution in [0.4, 0.5) is 0 Å². The minimum atomic E-state index is 0.0305. The van der Waals surface area contributed by atoms with Crippen molar-refractivity contribution in [2.45, 2.75) is 155 Å². The van der Waals surface area contributed by atoms with Crippen molar-refractivity contribution in [3.05, 3.63) is 0 Å². The highest BCUT2D eigenvalue weighted by Gasteiger charge is 2.61. The number of rotatable bonds is 15. The Morgan fingerprint density at radius 3 is 2.23 bits per heavy atom. The quantitative estimate of drug-likeness (QED) is 0.144. The molecule has 1 amide bonds. The lowest BCUT2D eigenvalue weighted by Crippen LogP contribution is -2.61. The molecule has 1 aliphatic heterocycles. The van der Waals surface area contributed by atoms with Gasteiger partial charge in [0.2, 0.25) is 5.91 Å². The van der Waals surface area contributed by atoms with Crippen LogP contribution in [0.2, 0.25) is 0 Å². The largest absolute Gasteiger partial charge is 0.465 e. The minimum Gasteiger partial charge on any atom is -0.465 e. The van der Waals surface area contributed by atoms with E-state index >= 15 is 0 Å². The summed E-state index contributed by atoms with van der Waals surface area (Å²) in [5, 5.41) is 0.767. The predicted octanol–water partition coefficient (Wildman–Crippen LogP) is 9.05. The van der Waals surface area contributed by atoms with Gasteiger partial charge in [0, 0.05) is 25.9 Å². The van der Waals surface area contributed by atoms with Gasteiger partial charge in [-0.1, -0.05) is 72.6 Å². The average Bonchev–Trinajstić information content (AvgIpc) is 3.26. The number of carbonyl (C=O) groups is 2. The second-order valence-electron chi connectivity index (χ2n) is 14.8. The SMILES string of the molecule is CC(C)SCCCCCCCCCCCC(=O)OCC1CC[C@H]2[C@@H]3CC[C@H]4N(C)C(=O)CC[C@]4(C)[C@H]3CC[C@]12C. The second-order valence-corrected chi connectivity index (χ2v) is 16.5. The van der Waals surface area contributed by atoms with Crippen molar-refractivity contribution in [2.75, 3.05) is 19.4 Å². The number of amides is 1. The van der Waals surface area contributed by atoms with Crippen LogP contribution in [0.25, 0.3) is 0 Å². The van der Waals surface area contributed by atoms with Crippen molar-refractivity contribution in [3.63, 3.8) is 0 Å². The lowest BCUT2D eigenvalue weighted by molar-refractivity contribution is -0.160. The van der Waals surface area contributed by atoms with E-state index in [1.807, 2.05) is 0 Å². The van der Waals surface area contributed by atoms with E-state index in [1.165, 1.54) is 89.2 Å². The fourth-order valence-corrected chi connectivity index (χ4v) is 10.6. The van der Waals surface area contributed by atoms with E-state index in [0.29, 0.717) is 36.3 Å². The molecule has 40 heavy (non-hydrogen) atoms. The zero-order valence-corrected chi connectivity index (χ0v) is 27.5. The monoisotopic (exact) mass is 575 g/mol. The number of thioether (sulfide) groups is 1. The third kappa shape index (κ3) is 7.43. The molecule has 1 saturated heterocycles. The molecule has 0 aromatic rings. The third-order valence-corrected chi connectivity index (χ3v) is 13.4. The van der Waals surface area contributed by atoms with E-state index in [0.717, 1.165) is 48.7 Å². The molecule has 1 unspecified atom stereocenters. The zero-order valence-electron chi connectivity index (χ0n) is 26.7. The van der Waals surface area contributed by atoms with Crippen LogP contribution in [0, 0.1) is 34.5 Å². The number of piperidine rings is 1.